The van der Waals surface area contributed by atoms with Crippen LogP contribution < -0.4 is 23.8 Å². The molecule has 46 heavy (non-hydrogen) atoms. The lowest BCUT2D eigenvalue weighted by Gasteiger charge is -2.24. The van der Waals surface area contributed by atoms with Gasteiger partial charge in [0.15, 0.2) is 15.8 Å². The third kappa shape index (κ3) is 6.65. The number of rotatable bonds is 13. The molecule has 1 fully saturated rings. The van der Waals surface area contributed by atoms with Crippen molar-refractivity contribution in [2.45, 2.75) is 35.9 Å². The van der Waals surface area contributed by atoms with E-state index in [0.717, 1.165) is 24.2 Å². The molecule has 0 bridgehead atoms. The summed E-state index contributed by atoms with van der Waals surface area (Å²) < 4.78 is 37.0. The maximum Gasteiger partial charge on any atom is 0.301 e. The summed E-state index contributed by atoms with van der Waals surface area (Å²) in [6, 6.07) is 15.1. The summed E-state index contributed by atoms with van der Waals surface area (Å²) in [7, 11) is 4.36. The van der Waals surface area contributed by atoms with Crippen LogP contribution in [0.5, 0.6) is 23.0 Å². The van der Waals surface area contributed by atoms with Crippen molar-refractivity contribution < 1.29 is 38.0 Å². The number of carbonyl (C=O) groups is 2. The number of hydrogen-bond donors (Lipinski definition) is 1. The maximum atomic E-state index is 14.2. The van der Waals surface area contributed by atoms with Crippen LogP contribution in [0.15, 0.2) is 70.6 Å². The number of ether oxygens (including phenoxy) is 4. The van der Waals surface area contributed by atoms with Crippen LogP contribution in [0.2, 0.25) is 0 Å². The Balaban J connectivity index is 1.58. The number of aliphatic hydroxyl groups is 1. The Bertz CT molecular complexity index is 1740. The molecule has 0 radical (unpaired) electrons. The lowest BCUT2D eigenvalue weighted by Crippen LogP contribution is -2.29. The van der Waals surface area contributed by atoms with Gasteiger partial charge in [-0.3, -0.25) is 14.5 Å². The highest BCUT2D eigenvalue weighted by molar-refractivity contribution is 8.00. The number of benzene rings is 3. The van der Waals surface area contributed by atoms with E-state index < -0.39 is 17.7 Å². The van der Waals surface area contributed by atoms with Crippen LogP contribution in [-0.4, -0.2) is 54.9 Å². The molecule has 0 spiro atoms. The van der Waals surface area contributed by atoms with Gasteiger partial charge in [0.05, 0.1) is 39.6 Å². The summed E-state index contributed by atoms with van der Waals surface area (Å²) in [5.41, 5.74) is 1.04. The van der Waals surface area contributed by atoms with E-state index in [-0.39, 0.29) is 39.5 Å². The topological polar surface area (TPSA) is 120 Å². The molecule has 10 nitrogen and oxygen atoms in total. The molecule has 5 rings (SSSR count). The predicted octanol–water partition coefficient (Wildman–Crippen LogP) is 6.80. The van der Waals surface area contributed by atoms with Crippen molar-refractivity contribution in [3.8, 4) is 23.0 Å². The molecular weight excluding hydrogens is 634 g/mol. The number of carbonyl (C=O) groups excluding carboxylic acids is 2. The Morgan fingerprint density at radius 2 is 1.70 bits per heavy atom. The third-order valence-corrected chi connectivity index (χ3v) is 9.36. The fourth-order valence-corrected chi connectivity index (χ4v) is 6.77. The number of Topliss-reactive ketones (excluding diaryl/α,β-unsaturated/α-hetero) is 1. The number of thioether (sulfide) groups is 1. The van der Waals surface area contributed by atoms with Crippen molar-refractivity contribution in [2.75, 3.05) is 32.8 Å². The van der Waals surface area contributed by atoms with E-state index in [2.05, 4.69) is 17.1 Å². The highest BCUT2D eigenvalue weighted by Gasteiger charge is 2.49. The minimum atomic E-state index is -1.13. The van der Waals surface area contributed by atoms with Crippen LogP contribution in [-0.2, 0) is 15.3 Å². The molecule has 1 amide bonds. The second kappa shape index (κ2) is 14.6. The monoisotopic (exact) mass is 665 g/mol. The summed E-state index contributed by atoms with van der Waals surface area (Å²) in [6.07, 6.45) is 1.88. The first kappa shape index (κ1) is 32.8. The molecule has 0 saturated carbocycles. The number of aliphatic hydroxyl groups excluding tert-OH is 1. The molecule has 1 aromatic heterocycles. The van der Waals surface area contributed by atoms with E-state index in [1.807, 2.05) is 0 Å². The van der Waals surface area contributed by atoms with E-state index >= 15 is 0 Å². The highest BCUT2D eigenvalue weighted by atomic mass is 32.2. The van der Waals surface area contributed by atoms with Gasteiger partial charge in [-0.25, -0.2) is 4.39 Å². The van der Waals surface area contributed by atoms with E-state index in [1.54, 1.807) is 54.6 Å². The van der Waals surface area contributed by atoms with Gasteiger partial charge < -0.3 is 24.1 Å². The standard InChI is InChI=1S/C33H32FN3O7S2/c1-5-6-15-44-22-13-11-19(12-14-22)28(38)26-27(21-16-24(41-2)30(43-4)25(17-21)42-3)37(31(40)29(26)39)32-35-36-33(46-32)45-18-20-9-7-8-10-23(20)34/h7-14,16-17,27,38H,5-6,15,18H2,1-4H3. The lowest BCUT2D eigenvalue weighted by molar-refractivity contribution is -0.132. The van der Waals surface area contributed by atoms with Gasteiger partial charge >= 0.3 is 5.91 Å². The molecule has 0 aliphatic carbocycles. The average Bonchev–Trinajstić information content (AvgIpc) is 3.65. The first-order valence-electron chi connectivity index (χ1n) is 14.3. The van der Waals surface area contributed by atoms with Gasteiger partial charge in [0.25, 0.3) is 5.78 Å². The normalized spacial score (nSPS) is 15.7. The van der Waals surface area contributed by atoms with Crippen LogP contribution in [0, 0.1) is 5.82 Å². The summed E-state index contributed by atoms with van der Waals surface area (Å²) >= 11 is 2.32. The number of anilines is 1. The summed E-state index contributed by atoms with van der Waals surface area (Å²) in [5, 5.41) is 20.1. The second-order valence-electron chi connectivity index (χ2n) is 10.1. The van der Waals surface area contributed by atoms with Crippen LogP contribution >= 0.6 is 23.1 Å². The number of unbranched alkanes of at least 4 members (excludes halogenated alkanes) is 1. The Morgan fingerprint density at radius 1 is 1.00 bits per heavy atom. The zero-order valence-corrected chi connectivity index (χ0v) is 27.2. The number of halogens is 1. The van der Waals surface area contributed by atoms with E-state index in [1.165, 1.54) is 44.1 Å². The molecule has 2 heterocycles. The van der Waals surface area contributed by atoms with Gasteiger partial charge in [-0.2, -0.15) is 0 Å². The van der Waals surface area contributed by atoms with E-state index in [4.69, 9.17) is 18.9 Å². The molecule has 4 aromatic rings. The van der Waals surface area contributed by atoms with E-state index in [9.17, 15) is 19.1 Å². The van der Waals surface area contributed by atoms with Gasteiger partial charge in [-0.1, -0.05) is 54.6 Å². The van der Waals surface area contributed by atoms with E-state index in [0.29, 0.717) is 39.1 Å². The molecular formula is C33H32FN3O7S2. The number of hydrogen-bond acceptors (Lipinski definition) is 11. The number of ketones is 1. The lowest BCUT2D eigenvalue weighted by atomic mass is 9.94. The molecule has 3 aromatic carbocycles. The average molecular weight is 666 g/mol. The number of amides is 1. The third-order valence-electron chi connectivity index (χ3n) is 7.25. The Labute approximate surface area is 273 Å². The van der Waals surface area contributed by atoms with Crippen molar-refractivity contribution in [3.63, 3.8) is 0 Å². The smallest absolute Gasteiger partial charge is 0.301 e. The Morgan fingerprint density at radius 3 is 2.33 bits per heavy atom. The molecule has 1 aliphatic rings. The van der Waals surface area contributed by atoms with Crippen LogP contribution in [0.4, 0.5) is 9.52 Å². The summed E-state index contributed by atoms with van der Waals surface area (Å²) in [4.78, 5) is 28.6. The first-order chi connectivity index (χ1) is 22.3. The summed E-state index contributed by atoms with van der Waals surface area (Å²) in [5.74, 6) is -0.741. The minimum Gasteiger partial charge on any atom is -0.507 e. The van der Waals surface area contributed by atoms with Crippen LogP contribution in [0.1, 0.15) is 42.5 Å². The molecule has 1 atom stereocenters. The molecule has 1 unspecified atom stereocenters. The van der Waals surface area contributed by atoms with Gasteiger partial charge in [-0.05, 0) is 60.0 Å². The van der Waals surface area contributed by atoms with Gasteiger partial charge in [0.1, 0.15) is 17.3 Å². The van der Waals surface area contributed by atoms with Crippen molar-refractivity contribution in [2.24, 2.45) is 0 Å². The SMILES string of the molecule is CCCCOc1ccc(C(O)=C2C(=O)C(=O)N(c3nnc(SCc4ccccc4F)s3)C2c2cc(OC)c(OC)c(OC)c2)cc1. The Hall–Kier alpha value is -4.62. The fourth-order valence-electron chi connectivity index (χ4n) is 4.92. The zero-order chi connectivity index (χ0) is 32.8. The van der Waals surface area contributed by atoms with Gasteiger partial charge in [0, 0.05) is 11.3 Å². The Kier molecular flexibility index (Phi) is 10.4. The van der Waals surface area contributed by atoms with Crippen LogP contribution in [0.25, 0.3) is 5.76 Å². The maximum absolute atomic E-state index is 14.2. The number of aromatic nitrogens is 2. The van der Waals surface area contributed by atoms with Crippen molar-refractivity contribution >= 4 is 45.7 Å². The van der Waals surface area contributed by atoms with Gasteiger partial charge in [0.2, 0.25) is 10.9 Å². The number of nitrogens with zero attached hydrogens (tertiary/aromatic N) is 3. The van der Waals surface area contributed by atoms with Crippen molar-refractivity contribution in [1.82, 2.24) is 10.2 Å². The fraction of sp³-hybridized carbons (Fsp3) is 0.273. The first-order valence-corrected chi connectivity index (χ1v) is 16.1. The van der Waals surface area contributed by atoms with Crippen molar-refractivity contribution in [3.05, 3.63) is 88.7 Å². The molecule has 1 N–H and O–H groups in total. The molecule has 1 aliphatic heterocycles. The largest absolute Gasteiger partial charge is 0.507 e. The highest BCUT2D eigenvalue weighted by Crippen LogP contribution is 2.48. The minimum absolute atomic E-state index is 0.121. The second-order valence-corrected chi connectivity index (χ2v) is 12.3. The number of methoxy groups -OCH3 is 3. The molecule has 1 saturated heterocycles. The quantitative estimate of drug-likeness (QED) is 0.0408. The molecule has 13 heteroatoms. The summed E-state index contributed by atoms with van der Waals surface area (Å²) in [6.45, 7) is 2.62. The molecule has 240 valence electrons. The van der Waals surface area contributed by atoms with Gasteiger partial charge in [-0.15, -0.1) is 10.2 Å². The zero-order valence-electron chi connectivity index (χ0n) is 25.6. The van der Waals surface area contributed by atoms with Crippen molar-refractivity contribution in [1.29, 1.82) is 0 Å². The van der Waals surface area contributed by atoms with Crippen LogP contribution in [0.3, 0.4) is 0 Å². The predicted molar refractivity (Wildman–Crippen MR) is 174 cm³/mol.